The molecule has 8 heteroatoms. The van der Waals surface area contributed by atoms with Crippen molar-refractivity contribution in [1.82, 2.24) is 5.16 Å². The number of carbonyl (C=O) groups is 2. The number of fused-ring (bicyclic) bond motifs is 1. The summed E-state index contributed by atoms with van der Waals surface area (Å²) < 4.78 is 16.0. The number of aromatic nitrogens is 1. The van der Waals surface area contributed by atoms with Crippen LogP contribution >= 0.6 is 0 Å². The van der Waals surface area contributed by atoms with Gasteiger partial charge in [-0.2, -0.15) is 0 Å². The van der Waals surface area contributed by atoms with Crippen LogP contribution in [-0.4, -0.2) is 35.5 Å². The fourth-order valence-electron chi connectivity index (χ4n) is 4.10. The van der Waals surface area contributed by atoms with E-state index in [1.165, 1.54) is 0 Å². The van der Waals surface area contributed by atoms with E-state index in [9.17, 15) is 14.7 Å². The number of aryl methyl sites for hydroxylation is 1. The molecule has 2 aliphatic carbocycles. The second kappa shape index (κ2) is 7.90. The average Bonchev–Trinajstić information content (AvgIpc) is 3.41. The molecule has 1 aromatic carbocycles. The lowest BCUT2D eigenvalue weighted by atomic mass is 9.78. The molecule has 2 aromatic rings. The van der Waals surface area contributed by atoms with E-state index < -0.39 is 23.6 Å². The molecule has 0 saturated carbocycles. The molecule has 0 bridgehead atoms. The van der Waals surface area contributed by atoms with E-state index in [0.29, 0.717) is 17.1 Å². The molecule has 3 aliphatic rings. The second-order valence-electron chi connectivity index (χ2n) is 8.32. The summed E-state index contributed by atoms with van der Waals surface area (Å²) in [7, 11) is 0. The first-order valence-corrected chi connectivity index (χ1v) is 10.6. The highest BCUT2D eigenvalue weighted by molar-refractivity contribution is 5.95. The van der Waals surface area contributed by atoms with Gasteiger partial charge in [-0.1, -0.05) is 35.5 Å². The van der Waals surface area contributed by atoms with Crippen LogP contribution < -0.4 is 5.32 Å². The molecule has 8 nitrogen and oxygen atoms in total. The van der Waals surface area contributed by atoms with Gasteiger partial charge in [0.25, 0.3) is 0 Å². The van der Waals surface area contributed by atoms with Crippen LogP contribution in [0.5, 0.6) is 0 Å². The van der Waals surface area contributed by atoms with Crippen LogP contribution in [0.3, 0.4) is 0 Å². The van der Waals surface area contributed by atoms with Crippen molar-refractivity contribution in [3.05, 3.63) is 88.4 Å². The number of rotatable bonds is 6. The van der Waals surface area contributed by atoms with Gasteiger partial charge in [0.1, 0.15) is 22.9 Å². The van der Waals surface area contributed by atoms with E-state index in [-0.39, 0.29) is 13.2 Å². The Kier molecular flexibility index (Phi) is 5.02. The zero-order valence-corrected chi connectivity index (χ0v) is 18.1. The highest BCUT2D eigenvalue weighted by Gasteiger charge is 2.50. The molecule has 2 N–H and O–H groups in total. The van der Waals surface area contributed by atoms with Crippen molar-refractivity contribution in [2.45, 2.75) is 20.0 Å². The molecule has 5 rings (SSSR count). The topological polar surface area (TPSA) is 111 Å². The Morgan fingerprint density at radius 3 is 2.42 bits per heavy atom. The van der Waals surface area contributed by atoms with Crippen molar-refractivity contribution in [2.24, 2.45) is 5.41 Å². The lowest BCUT2D eigenvalue weighted by molar-refractivity contribution is -0.170. The van der Waals surface area contributed by atoms with Gasteiger partial charge in [0.15, 0.2) is 5.76 Å². The van der Waals surface area contributed by atoms with Gasteiger partial charge in [0.05, 0.1) is 13.2 Å². The number of hydrogen-bond acceptors (Lipinski definition) is 6. The standard InChI is InChI=1S/C25H22N2O6/c1-14(16-6-4-3-5-7-16)32-24(30)26-21-15(2)33-27-22(21)19-8-17-10-20(11-18(17)9-19)25(23(28)29)12-31-13-25/h3-11,14H,12-13H2,1-2H3,(H,26,30)(H,28,29). The molecule has 1 aromatic heterocycles. The third-order valence-corrected chi connectivity index (χ3v) is 6.15. The largest absolute Gasteiger partial charge is 0.480 e. The first-order valence-electron chi connectivity index (χ1n) is 10.6. The van der Waals surface area contributed by atoms with Crippen LogP contribution in [-0.2, 0) is 14.3 Å². The highest BCUT2D eigenvalue weighted by Crippen LogP contribution is 2.45. The predicted molar refractivity (Wildman–Crippen MR) is 119 cm³/mol. The van der Waals surface area contributed by atoms with Crippen LogP contribution in [0.2, 0.25) is 0 Å². The molecular formula is C25H22N2O6. The molecule has 1 amide bonds. The van der Waals surface area contributed by atoms with E-state index in [4.69, 9.17) is 14.0 Å². The summed E-state index contributed by atoms with van der Waals surface area (Å²) in [6, 6.07) is 9.45. The van der Waals surface area contributed by atoms with E-state index in [0.717, 1.165) is 27.9 Å². The average molecular weight is 446 g/mol. The van der Waals surface area contributed by atoms with Crippen molar-refractivity contribution in [2.75, 3.05) is 18.5 Å². The van der Waals surface area contributed by atoms with Crippen molar-refractivity contribution < 1.29 is 28.7 Å². The Hall–Kier alpha value is -3.91. The van der Waals surface area contributed by atoms with E-state index in [1.54, 1.807) is 13.8 Å². The summed E-state index contributed by atoms with van der Waals surface area (Å²) in [5, 5.41) is 16.5. The summed E-state index contributed by atoms with van der Waals surface area (Å²) >= 11 is 0. The predicted octanol–water partition coefficient (Wildman–Crippen LogP) is 4.58. The van der Waals surface area contributed by atoms with Crippen LogP contribution in [0.4, 0.5) is 10.5 Å². The summed E-state index contributed by atoms with van der Waals surface area (Å²) in [5.74, 6) is -0.434. The molecule has 2 heterocycles. The molecule has 168 valence electrons. The number of ether oxygens (including phenoxy) is 2. The third kappa shape index (κ3) is 3.58. The first kappa shape index (κ1) is 21.0. The van der Waals surface area contributed by atoms with Gasteiger partial charge >= 0.3 is 12.1 Å². The number of benzene rings is 1. The van der Waals surface area contributed by atoms with Crippen molar-refractivity contribution in [3.8, 4) is 0 Å². The van der Waals surface area contributed by atoms with Gasteiger partial charge in [0.2, 0.25) is 0 Å². The number of anilines is 1. The van der Waals surface area contributed by atoms with Gasteiger partial charge < -0.3 is 19.1 Å². The number of aliphatic carboxylic acids is 1. The van der Waals surface area contributed by atoms with E-state index in [1.807, 2.05) is 54.6 Å². The Balaban J connectivity index is 1.33. The van der Waals surface area contributed by atoms with Crippen LogP contribution in [0.25, 0.3) is 5.57 Å². The smallest absolute Gasteiger partial charge is 0.412 e. The Morgan fingerprint density at radius 2 is 1.79 bits per heavy atom. The molecule has 33 heavy (non-hydrogen) atoms. The Labute approximate surface area is 189 Å². The van der Waals surface area contributed by atoms with Crippen molar-refractivity contribution >= 4 is 23.3 Å². The SMILES string of the molecule is Cc1onc(C2=CC3=CC(C4(C(=O)O)COC4)=CC3=C2)c1NC(=O)OC(C)c1ccccc1. The molecule has 1 fully saturated rings. The lowest BCUT2D eigenvalue weighted by Gasteiger charge is -2.37. The minimum Gasteiger partial charge on any atom is -0.480 e. The maximum atomic E-state index is 12.5. The fraction of sp³-hybridized carbons (Fsp3) is 0.240. The van der Waals surface area contributed by atoms with Gasteiger partial charge in [-0.3, -0.25) is 10.1 Å². The molecular weight excluding hydrogens is 424 g/mol. The number of hydrogen-bond donors (Lipinski definition) is 2. The van der Waals surface area contributed by atoms with Crippen molar-refractivity contribution in [1.29, 1.82) is 0 Å². The number of carboxylic acids is 1. The van der Waals surface area contributed by atoms with E-state index >= 15 is 0 Å². The molecule has 1 unspecified atom stereocenters. The summed E-state index contributed by atoms with van der Waals surface area (Å²) in [4.78, 5) is 24.3. The zero-order valence-electron chi connectivity index (χ0n) is 18.1. The number of amides is 1. The first-order chi connectivity index (χ1) is 15.9. The van der Waals surface area contributed by atoms with Gasteiger partial charge in [0, 0.05) is 5.57 Å². The fourth-order valence-corrected chi connectivity index (χ4v) is 4.10. The van der Waals surface area contributed by atoms with Crippen molar-refractivity contribution in [3.63, 3.8) is 0 Å². The quantitative estimate of drug-likeness (QED) is 0.668. The monoisotopic (exact) mass is 446 g/mol. The highest BCUT2D eigenvalue weighted by atomic mass is 16.6. The number of nitrogens with zero attached hydrogens (tertiary/aromatic N) is 1. The zero-order chi connectivity index (χ0) is 23.2. The maximum Gasteiger partial charge on any atom is 0.412 e. The summed E-state index contributed by atoms with van der Waals surface area (Å²) in [6.45, 7) is 3.85. The van der Waals surface area contributed by atoms with Gasteiger partial charge in [-0.15, -0.1) is 0 Å². The lowest BCUT2D eigenvalue weighted by Crippen LogP contribution is -2.49. The van der Waals surface area contributed by atoms with Gasteiger partial charge in [-0.25, -0.2) is 4.79 Å². The van der Waals surface area contributed by atoms with Crippen LogP contribution in [0.1, 0.15) is 30.0 Å². The number of allylic oxidation sites excluding steroid dienone is 7. The van der Waals surface area contributed by atoms with Crippen LogP contribution in [0, 0.1) is 12.3 Å². The minimum absolute atomic E-state index is 0.169. The molecule has 1 saturated heterocycles. The number of carbonyl (C=O) groups excluding carboxylic acids is 1. The second-order valence-corrected chi connectivity index (χ2v) is 8.32. The van der Waals surface area contributed by atoms with Gasteiger partial charge in [-0.05, 0) is 60.4 Å². The third-order valence-electron chi connectivity index (χ3n) is 6.15. The van der Waals surface area contributed by atoms with E-state index in [2.05, 4.69) is 10.5 Å². The van der Waals surface area contributed by atoms with Crippen LogP contribution in [0.15, 0.2) is 75.9 Å². The molecule has 1 atom stereocenters. The molecule has 1 aliphatic heterocycles. The normalized spacial score (nSPS) is 18.8. The Bertz CT molecular complexity index is 1260. The number of carboxylic acid groups (broad SMARTS) is 1. The molecule has 0 radical (unpaired) electrons. The molecule has 0 spiro atoms. The number of nitrogens with one attached hydrogen (secondary N) is 1. The minimum atomic E-state index is -0.984. The summed E-state index contributed by atoms with van der Waals surface area (Å²) in [6.07, 6.45) is 6.49. The maximum absolute atomic E-state index is 12.5. The summed E-state index contributed by atoms with van der Waals surface area (Å²) in [5.41, 5.74) is 4.07. The Morgan fingerprint density at radius 1 is 1.09 bits per heavy atom.